The molecule has 0 unspecified atom stereocenters. The highest BCUT2D eigenvalue weighted by Gasteiger charge is 2.17. The molecule has 1 aromatic heterocycles. The Morgan fingerprint density at radius 1 is 0.261 bits per heavy atom. The fraction of sp³-hybridized carbons (Fsp3) is 0. The topological polar surface area (TPSA) is 38.7 Å². The summed E-state index contributed by atoms with van der Waals surface area (Å²) in [5.74, 6) is 1.95. The van der Waals surface area contributed by atoms with Crippen LogP contribution in [0.15, 0.2) is 164 Å². The Labute approximate surface area is 266 Å². The maximum absolute atomic E-state index is 5.18. The van der Waals surface area contributed by atoms with Gasteiger partial charge < -0.3 is 0 Å². The van der Waals surface area contributed by atoms with Gasteiger partial charge in [0.15, 0.2) is 17.5 Å². The molecule has 3 heteroatoms. The maximum atomic E-state index is 5.18. The third-order valence-corrected chi connectivity index (χ3v) is 8.88. The van der Waals surface area contributed by atoms with Gasteiger partial charge >= 0.3 is 0 Å². The lowest BCUT2D eigenvalue weighted by Crippen LogP contribution is -2.01. The minimum atomic E-state index is 0.650. The summed E-state index contributed by atoms with van der Waals surface area (Å²) in [6, 6.07) is 57.6. The Balaban J connectivity index is 1.27. The van der Waals surface area contributed by atoms with Crippen LogP contribution >= 0.6 is 0 Å². The van der Waals surface area contributed by atoms with Crippen molar-refractivity contribution >= 4 is 43.1 Å². The number of hydrogen-bond acceptors (Lipinski definition) is 3. The van der Waals surface area contributed by atoms with E-state index in [1.165, 1.54) is 32.3 Å². The predicted octanol–water partition coefficient (Wildman–Crippen LogP) is 11.2. The van der Waals surface area contributed by atoms with E-state index in [0.29, 0.717) is 17.5 Å². The van der Waals surface area contributed by atoms with Crippen molar-refractivity contribution in [1.82, 2.24) is 15.0 Å². The molecule has 46 heavy (non-hydrogen) atoms. The van der Waals surface area contributed by atoms with E-state index in [1.807, 2.05) is 24.3 Å². The summed E-state index contributed by atoms with van der Waals surface area (Å²) < 4.78 is 0. The van der Waals surface area contributed by atoms with Crippen molar-refractivity contribution < 1.29 is 0 Å². The van der Waals surface area contributed by atoms with E-state index in [2.05, 4.69) is 140 Å². The Morgan fingerprint density at radius 2 is 0.761 bits per heavy atom. The zero-order valence-corrected chi connectivity index (χ0v) is 24.9. The van der Waals surface area contributed by atoms with Crippen molar-refractivity contribution in [3.05, 3.63) is 164 Å². The highest BCUT2D eigenvalue weighted by atomic mass is 15.0. The highest BCUT2D eigenvalue weighted by molar-refractivity contribution is 6.17. The van der Waals surface area contributed by atoms with E-state index >= 15 is 0 Å². The second-order valence-corrected chi connectivity index (χ2v) is 11.7. The summed E-state index contributed by atoms with van der Waals surface area (Å²) in [7, 11) is 0. The number of hydrogen-bond donors (Lipinski definition) is 0. The molecule has 214 valence electrons. The molecule has 0 amide bonds. The molecule has 9 aromatic rings. The van der Waals surface area contributed by atoms with Gasteiger partial charge in [-0.25, -0.2) is 15.0 Å². The number of aromatic nitrogens is 3. The molecule has 3 nitrogen and oxygen atoms in total. The van der Waals surface area contributed by atoms with Gasteiger partial charge in [-0.15, -0.1) is 0 Å². The highest BCUT2D eigenvalue weighted by Crippen LogP contribution is 2.37. The van der Waals surface area contributed by atoms with Crippen molar-refractivity contribution in [1.29, 1.82) is 0 Å². The van der Waals surface area contributed by atoms with Gasteiger partial charge in [-0.05, 0) is 72.4 Å². The third kappa shape index (κ3) is 4.49. The largest absolute Gasteiger partial charge is 0.208 e. The SMILES string of the molecule is c1ccc(-c2nc(-c3ccc4c(ccc5c6ccccc6ccc45)c3)nc(-c3cc4ccccc4cc3-c3ccccc3)n2)cc1. The molecular weight excluding hydrogens is 558 g/mol. The van der Waals surface area contributed by atoms with Crippen molar-refractivity contribution in [2.45, 2.75) is 0 Å². The molecule has 0 aliphatic rings. The third-order valence-electron chi connectivity index (χ3n) is 8.88. The molecular formula is C43H27N3. The zero-order chi connectivity index (χ0) is 30.5. The molecule has 9 rings (SSSR count). The molecule has 0 N–H and O–H groups in total. The minimum Gasteiger partial charge on any atom is -0.208 e. The van der Waals surface area contributed by atoms with Crippen molar-refractivity contribution in [2.24, 2.45) is 0 Å². The summed E-state index contributed by atoms with van der Waals surface area (Å²) in [5.41, 5.74) is 5.09. The van der Waals surface area contributed by atoms with Crippen LogP contribution in [0.5, 0.6) is 0 Å². The first-order valence-corrected chi connectivity index (χ1v) is 15.5. The van der Waals surface area contributed by atoms with Gasteiger partial charge in [0.1, 0.15) is 0 Å². The number of fused-ring (bicyclic) bond motifs is 6. The van der Waals surface area contributed by atoms with Crippen LogP contribution in [-0.2, 0) is 0 Å². The molecule has 0 aliphatic carbocycles. The summed E-state index contributed by atoms with van der Waals surface area (Å²) in [5, 5.41) is 9.71. The first-order chi connectivity index (χ1) is 22.8. The Bertz CT molecular complexity index is 2570. The van der Waals surface area contributed by atoms with E-state index in [9.17, 15) is 0 Å². The summed E-state index contributed by atoms with van der Waals surface area (Å²) in [4.78, 5) is 15.3. The van der Waals surface area contributed by atoms with Crippen LogP contribution in [0, 0.1) is 0 Å². The van der Waals surface area contributed by atoms with Crippen LogP contribution in [0.4, 0.5) is 0 Å². The molecule has 0 aliphatic heterocycles. The van der Waals surface area contributed by atoms with Crippen molar-refractivity contribution in [3.63, 3.8) is 0 Å². The first-order valence-electron chi connectivity index (χ1n) is 15.5. The van der Waals surface area contributed by atoms with Gasteiger partial charge in [0, 0.05) is 16.7 Å². The predicted molar refractivity (Wildman–Crippen MR) is 192 cm³/mol. The lowest BCUT2D eigenvalue weighted by Gasteiger charge is -2.14. The number of benzene rings is 8. The van der Waals surface area contributed by atoms with Gasteiger partial charge in [-0.1, -0.05) is 146 Å². The van der Waals surface area contributed by atoms with E-state index in [4.69, 9.17) is 15.0 Å². The smallest absolute Gasteiger partial charge is 0.164 e. The van der Waals surface area contributed by atoms with Crippen LogP contribution in [-0.4, -0.2) is 15.0 Å². The molecule has 0 saturated heterocycles. The molecule has 8 aromatic carbocycles. The summed E-state index contributed by atoms with van der Waals surface area (Å²) in [6.45, 7) is 0. The van der Waals surface area contributed by atoms with Crippen LogP contribution < -0.4 is 0 Å². The summed E-state index contributed by atoms with van der Waals surface area (Å²) in [6.07, 6.45) is 0. The lowest BCUT2D eigenvalue weighted by atomic mass is 9.95. The van der Waals surface area contributed by atoms with Crippen molar-refractivity contribution in [3.8, 4) is 45.3 Å². The van der Waals surface area contributed by atoms with Gasteiger partial charge in [0.2, 0.25) is 0 Å². The fourth-order valence-electron chi connectivity index (χ4n) is 6.59. The Kier molecular flexibility index (Phi) is 6.14. The van der Waals surface area contributed by atoms with Crippen molar-refractivity contribution in [2.75, 3.05) is 0 Å². The number of nitrogens with zero attached hydrogens (tertiary/aromatic N) is 3. The molecule has 0 saturated carbocycles. The average molecular weight is 586 g/mol. The molecule has 0 bridgehead atoms. The van der Waals surface area contributed by atoms with E-state index in [-0.39, 0.29) is 0 Å². The number of rotatable bonds is 4. The monoisotopic (exact) mass is 585 g/mol. The van der Waals surface area contributed by atoms with E-state index in [1.54, 1.807) is 0 Å². The molecule has 1 heterocycles. The molecule has 0 spiro atoms. The molecule has 0 atom stereocenters. The van der Waals surface area contributed by atoms with Crippen LogP contribution in [0.25, 0.3) is 88.4 Å². The quantitative estimate of drug-likeness (QED) is 0.193. The molecule has 0 fully saturated rings. The van der Waals surface area contributed by atoms with E-state index in [0.717, 1.165) is 38.6 Å². The second-order valence-electron chi connectivity index (χ2n) is 11.7. The fourth-order valence-corrected chi connectivity index (χ4v) is 6.59. The maximum Gasteiger partial charge on any atom is 0.164 e. The standard InChI is InChI=1S/C43H27N3/c1-3-11-28(12-4-1)39-26-31-16-7-8-17-32(31)27-40(39)43-45-41(30-14-5-2-6-15-30)44-42(46-43)34-21-22-36-33(25-34)20-24-37-35-18-10-9-13-29(35)19-23-38(36)37/h1-27H. The van der Waals surface area contributed by atoms with Crippen LogP contribution in [0.1, 0.15) is 0 Å². The zero-order valence-electron chi connectivity index (χ0n) is 24.9. The van der Waals surface area contributed by atoms with Gasteiger partial charge in [-0.2, -0.15) is 0 Å². The lowest BCUT2D eigenvalue weighted by molar-refractivity contribution is 1.08. The molecule has 0 radical (unpaired) electrons. The van der Waals surface area contributed by atoms with Crippen LogP contribution in [0.3, 0.4) is 0 Å². The van der Waals surface area contributed by atoms with Gasteiger partial charge in [-0.3, -0.25) is 0 Å². The second kappa shape index (κ2) is 10.8. The van der Waals surface area contributed by atoms with Crippen LogP contribution in [0.2, 0.25) is 0 Å². The first kappa shape index (κ1) is 26.2. The van der Waals surface area contributed by atoms with Gasteiger partial charge in [0.25, 0.3) is 0 Å². The van der Waals surface area contributed by atoms with Gasteiger partial charge in [0.05, 0.1) is 0 Å². The van der Waals surface area contributed by atoms with E-state index < -0.39 is 0 Å². The Hall–Kier alpha value is -6.19. The Morgan fingerprint density at radius 3 is 1.48 bits per heavy atom. The normalized spacial score (nSPS) is 11.5. The minimum absolute atomic E-state index is 0.650. The summed E-state index contributed by atoms with van der Waals surface area (Å²) >= 11 is 0. The average Bonchev–Trinajstić information content (AvgIpc) is 3.14.